The van der Waals surface area contributed by atoms with Crippen molar-refractivity contribution in [3.8, 4) is 0 Å². The van der Waals surface area contributed by atoms with Crippen molar-refractivity contribution in [3.05, 3.63) is 24.3 Å². The minimum absolute atomic E-state index is 0.871. The number of aromatic nitrogens is 2. The van der Waals surface area contributed by atoms with Gasteiger partial charge in [-0.25, -0.2) is 9.97 Å². The zero-order valence-corrected chi connectivity index (χ0v) is 9.67. The normalized spacial score (nSPS) is 17.9. The molecule has 2 heterocycles. The van der Waals surface area contributed by atoms with Gasteiger partial charge < -0.3 is 5.32 Å². The van der Waals surface area contributed by atoms with Gasteiger partial charge in [0.15, 0.2) is 0 Å². The van der Waals surface area contributed by atoms with E-state index in [0.717, 1.165) is 19.0 Å². The second-order valence-electron chi connectivity index (χ2n) is 3.93. The van der Waals surface area contributed by atoms with Crippen LogP contribution in [0.1, 0.15) is 18.4 Å². The van der Waals surface area contributed by atoms with Gasteiger partial charge >= 0.3 is 0 Å². The van der Waals surface area contributed by atoms with Gasteiger partial charge in [-0.3, -0.25) is 0 Å². The van der Waals surface area contributed by atoms with Crippen LogP contribution in [0.5, 0.6) is 0 Å². The summed E-state index contributed by atoms with van der Waals surface area (Å²) < 4.78 is 0. The van der Waals surface area contributed by atoms with Crippen molar-refractivity contribution >= 4 is 11.8 Å². The van der Waals surface area contributed by atoms with E-state index in [-0.39, 0.29) is 0 Å². The molecule has 15 heavy (non-hydrogen) atoms. The molecule has 1 aliphatic heterocycles. The van der Waals surface area contributed by atoms with E-state index in [9.17, 15) is 0 Å². The minimum atomic E-state index is 0.871. The van der Waals surface area contributed by atoms with Gasteiger partial charge in [-0.15, -0.1) is 0 Å². The first-order chi connectivity index (χ1) is 7.45. The summed E-state index contributed by atoms with van der Waals surface area (Å²) in [5.74, 6) is 3.54. The van der Waals surface area contributed by atoms with E-state index in [2.05, 4.69) is 27.0 Å². The van der Waals surface area contributed by atoms with Crippen molar-refractivity contribution in [2.45, 2.75) is 19.4 Å². The molecule has 1 aliphatic rings. The molecule has 3 nitrogen and oxygen atoms in total. The highest BCUT2D eigenvalue weighted by atomic mass is 32.2. The van der Waals surface area contributed by atoms with Crippen LogP contribution in [0.2, 0.25) is 0 Å². The topological polar surface area (TPSA) is 37.8 Å². The molecule has 1 N–H and O–H groups in total. The molecule has 1 fully saturated rings. The molecule has 0 amide bonds. The molecule has 1 saturated heterocycles. The lowest BCUT2D eigenvalue weighted by atomic mass is 10.0. The van der Waals surface area contributed by atoms with Crippen LogP contribution < -0.4 is 5.32 Å². The van der Waals surface area contributed by atoms with E-state index in [1.165, 1.54) is 29.9 Å². The molecule has 4 heteroatoms. The van der Waals surface area contributed by atoms with E-state index in [4.69, 9.17) is 0 Å². The van der Waals surface area contributed by atoms with Crippen LogP contribution in [0.25, 0.3) is 0 Å². The average Bonchev–Trinajstić information content (AvgIpc) is 2.32. The Morgan fingerprint density at radius 3 is 2.73 bits per heavy atom. The molecule has 1 aromatic rings. The molecular formula is C11H17N3S. The van der Waals surface area contributed by atoms with Gasteiger partial charge in [0.1, 0.15) is 6.33 Å². The highest BCUT2D eigenvalue weighted by Gasteiger charge is 2.12. The first-order valence-electron chi connectivity index (χ1n) is 5.47. The Kier molecular flexibility index (Phi) is 4.41. The third kappa shape index (κ3) is 3.80. The number of thioether (sulfide) groups is 1. The molecule has 0 atom stereocenters. The Morgan fingerprint density at radius 1 is 1.27 bits per heavy atom. The summed E-state index contributed by atoms with van der Waals surface area (Å²) >= 11 is 2.08. The van der Waals surface area contributed by atoms with Crippen molar-refractivity contribution in [2.24, 2.45) is 5.92 Å². The average molecular weight is 223 g/mol. The zero-order chi connectivity index (χ0) is 10.3. The number of nitrogens with one attached hydrogen (secondary N) is 1. The maximum atomic E-state index is 4.00. The van der Waals surface area contributed by atoms with Gasteiger partial charge in [-0.2, -0.15) is 11.8 Å². The van der Waals surface area contributed by atoms with Crippen LogP contribution in [0.3, 0.4) is 0 Å². The molecule has 2 rings (SSSR count). The maximum Gasteiger partial charge on any atom is 0.115 e. The van der Waals surface area contributed by atoms with Gasteiger partial charge in [0.25, 0.3) is 0 Å². The van der Waals surface area contributed by atoms with Gasteiger partial charge in [0.05, 0.1) is 0 Å². The van der Waals surface area contributed by atoms with Crippen LogP contribution in [-0.2, 0) is 6.54 Å². The first-order valence-corrected chi connectivity index (χ1v) is 6.63. The zero-order valence-electron chi connectivity index (χ0n) is 8.85. The van der Waals surface area contributed by atoms with Crippen LogP contribution in [0.15, 0.2) is 18.7 Å². The summed E-state index contributed by atoms with van der Waals surface area (Å²) in [7, 11) is 0. The molecule has 0 radical (unpaired) electrons. The minimum Gasteiger partial charge on any atom is -0.312 e. The fraction of sp³-hybridized carbons (Fsp3) is 0.636. The van der Waals surface area contributed by atoms with Crippen molar-refractivity contribution in [3.63, 3.8) is 0 Å². The Morgan fingerprint density at radius 2 is 2.00 bits per heavy atom. The molecular weight excluding hydrogens is 206 g/mol. The quantitative estimate of drug-likeness (QED) is 0.843. The predicted molar refractivity (Wildman–Crippen MR) is 63.8 cm³/mol. The molecule has 0 bridgehead atoms. The third-order valence-corrected chi connectivity index (χ3v) is 3.77. The summed E-state index contributed by atoms with van der Waals surface area (Å²) in [4.78, 5) is 7.99. The molecule has 1 aromatic heterocycles. The fourth-order valence-corrected chi connectivity index (χ4v) is 3.00. The fourth-order valence-electron chi connectivity index (χ4n) is 1.79. The summed E-state index contributed by atoms with van der Waals surface area (Å²) in [6.07, 6.45) is 8.04. The molecule has 0 spiro atoms. The molecule has 0 saturated carbocycles. The Labute approximate surface area is 95.1 Å². The smallest absolute Gasteiger partial charge is 0.115 e. The van der Waals surface area contributed by atoms with Crippen LogP contribution >= 0.6 is 11.8 Å². The van der Waals surface area contributed by atoms with Crippen molar-refractivity contribution < 1.29 is 0 Å². The summed E-state index contributed by atoms with van der Waals surface area (Å²) in [5.41, 5.74) is 1.17. The molecule has 0 unspecified atom stereocenters. The summed E-state index contributed by atoms with van der Waals surface area (Å²) in [5, 5.41) is 3.48. The second-order valence-corrected chi connectivity index (χ2v) is 5.16. The molecule has 82 valence electrons. The Bertz CT molecular complexity index is 272. The summed E-state index contributed by atoms with van der Waals surface area (Å²) in [6, 6.07) is 0. The highest BCUT2D eigenvalue weighted by Crippen LogP contribution is 2.21. The Balaban J connectivity index is 1.66. The van der Waals surface area contributed by atoms with Crippen molar-refractivity contribution in [1.29, 1.82) is 0 Å². The van der Waals surface area contributed by atoms with Crippen LogP contribution in [0.4, 0.5) is 0 Å². The highest BCUT2D eigenvalue weighted by molar-refractivity contribution is 7.99. The maximum absolute atomic E-state index is 4.00. The van der Waals surface area contributed by atoms with Crippen molar-refractivity contribution in [2.75, 3.05) is 18.1 Å². The van der Waals surface area contributed by atoms with E-state index in [1.54, 1.807) is 6.33 Å². The van der Waals surface area contributed by atoms with Crippen LogP contribution in [-0.4, -0.2) is 28.0 Å². The first kappa shape index (κ1) is 10.9. The van der Waals surface area contributed by atoms with E-state index in [1.807, 2.05) is 12.4 Å². The van der Waals surface area contributed by atoms with Gasteiger partial charge in [-0.05, 0) is 36.8 Å². The lowest BCUT2D eigenvalue weighted by Gasteiger charge is -2.21. The number of nitrogens with zero attached hydrogens (tertiary/aromatic N) is 2. The summed E-state index contributed by atoms with van der Waals surface area (Å²) in [6.45, 7) is 2.03. The lowest BCUT2D eigenvalue weighted by Crippen LogP contribution is -2.25. The lowest BCUT2D eigenvalue weighted by molar-refractivity contribution is 0.447. The Hall–Kier alpha value is -0.610. The van der Waals surface area contributed by atoms with Crippen molar-refractivity contribution in [1.82, 2.24) is 15.3 Å². The second kappa shape index (κ2) is 6.08. The SMILES string of the molecule is c1ncc(CNCC2CCSCC2)cn1. The predicted octanol–water partition coefficient (Wildman–Crippen LogP) is 1.71. The molecule has 0 aliphatic carbocycles. The third-order valence-electron chi connectivity index (χ3n) is 2.72. The standard InChI is InChI=1S/C11H17N3S/c1-3-15-4-2-10(1)5-12-6-11-7-13-9-14-8-11/h7-10,12H,1-6H2. The largest absolute Gasteiger partial charge is 0.312 e. The van der Waals surface area contributed by atoms with Gasteiger partial charge in [0.2, 0.25) is 0 Å². The monoisotopic (exact) mass is 223 g/mol. The van der Waals surface area contributed by atoms with Gasteiger partial charge in [-0.1, -0.05) is 0 Å². The van der Waals surface area contributed by atoms with Gasteiger partial charge in [0, 0.05) is 24.5 Å². The number of hydrogen-bond acceptors (Lipinski definition) is 4. The van der Waals surface area contributed by atoms with Crippen LogP contribution in [0, 0.1) is 5.92 Å². The van der Waals surface area contributed by atoms with E-state index >= 15 is 0 Å². The van der Waals surface area contributed by atoms with E-state index in [0.29, 0.717) is 0 Å². The molecule has 0 aromatic carbocycles. The van der Waals surface area contributed by atoms with E-state index < -0.39 is 0 Å². The number of rotatable bonds is 4. The number of hydrogen-bond donors (Lipinski definition) is 1.